The first-order chi connectivity index (χ1) is 7.66. The highest BCUT2D eigenvalue weighted by Crippen LogP contribution is 2.34. The van der Waals surface area contributed by atoms with Gasteiger partial charge in [0.25, 0.3) is 0 Å². The molecule has 0 aliphatic heterocycles. The summed E-state index contributed by atoms with van der Waals surface area (Å²) in [6.45, 7) is 0. The minimum atomic E-state index is 0.135. The Hall–Kier alpha value is -0.0500. The molecule has 0 saturated heterocycles. The summed E-state index contributed by atoms with van der Waals surface area (Å²) >= 11 is 9.51. The van der Waals surface area contributed by atoms with Gasteiger partial charge in [0, 0.05) is 15.5 Å². The number of rotatable bonds is 2. The molecule has 1 saturated carbocycles. The second-order valence-electron chi connectivity index (χ2n) is 4.63. The van der Waals surface area contributed by atoms with Crippen molar-refractivity contribution in [3.63, 3.8) is 0 Å². The van der Waals surface area contributed by atoms with Gasteiger partial charge < -0.3 is 5.73 Å². The van der Waals surface area contributed by atoms with Gasteiger partial charge in [-0.25, -0.2) is 0 Å². The summed E-state index contributed by atoms with van der Waals surface area (Å²) in [6.07, 6.45) is 6.51. The van der Waals surface area contributed by atoms with Gasteiger partial charge in [-0.15, -0.1) is 0 Å². The van der Waals surface area contributed by atoms with Crippen LogP contribution in [0.15, 0.2) is 22.7 Å². The highest BCUT2D eigenvalue weighted by atomic mass is 79.9. The first-order valence-corrected chi connectivity index (χ1v) is 7.05. The SMILES string of the molecule is NC(c1cc(Cl)cc(Br)c1)C1CCCCC1. The zero-order chi connectivity index (χ0) is 11.5. The third-order valence-electron chi connectivity index (χ3n) is 3.43. The second-order valence-corrected chi connectivity index (χ2v) is 5.98. The maximum absolute atomic E-state index is 6.33. The van der Waals surface area contributed by atoms with Crippen LogP contribution in [0.5, 0.6) is 0 Å². The Morgan fingerprint density at radius 2 is 1.88 bits per heavy atom. The third kappa shape index (κ3) is 2.99. The Kier molecular flexibility index (Phi) is 4.28. The van der Waals surface area contributed by atoms with Gasteiger partial charge in [0.1, 0.15) is 0 Å². The smallest absolute Gasteiger partial charge is 0.0420 e. The fourth-order valence-corrected chi connectivity index (χ4v) is 3.42. The zero-order valence-corrected chi connectivity index (χ0v) is 11.6. The van der Waals surface area contributed by atoms with Crippen molar-refractivity contribution in [2.24, 2.45) is 11.7 Å². The van der Waals surface area contributed by atoms with Crippen LogP contribution in [0.4, 0.5) is 0 Å². The minimum Gasteiger partial charge on any atom is -0.324 e. The summed E-state index contributed by atoms with van der Waals surface area (Å²) in [5, 5.41) is 0.760. The van der Waals surface area contributed by atoms with E-state index in [-0.39, 0.29) is 6.04 Å². The van der Waals surface area contributed by atoms with Crippen molar-refractivity contribution in [2.45, 2.75) is 38.1 Å². The van der Waals surface area contributed by atoms with Gasteiger partial charge in [-0.1, -0.05) is 46.8 Å². The van der Waals surface area contributed by atoms with Crippen LogP contribution in [0.1, 0.15) is 43.7 Å². The van der Waals surface area contributed by atoms with Gasteiger partial charge >= 0.3 is 0 Å². The number of hydrogen-bond donors (Lipinski definition) is 1. The average molecular weight is 303 g/mol. The average Bonchev–Trinajstić information content (AvgIpc) is 2.28. The van der Waals surface area contributed by atoms with Crippen LogP contribution in [-0.2, 0) is 0 Å². The lowest BCUT2D eigenvalue weighted by molar-refractivity contribution is 0.308. The summed E-state index contributed by atoms with van der Waals surface area (Å²) < 4.78 is 1.02. The number of hydrogen-bond acceptors (Lipinski definition) is 1. The largest absolute Gasteiger partial charge is 0.324 e. The van der Waals surface area contributed by atoms with E-state index in [1.165, 1.54) is 32.1 Å². The van der Waals surface area contributed by atoms with Crippen molar-refractivity contribution in [1.29, 1.82) is 0 Å². The molecule has 0 spiro atoms. The van der Waals surface area contributed by atoms with E-state index in [0.717, 1.165) is 15.1 Å². The molecule has 0 heterocycles. The molecular formula is C13H17BrClN. The second kappa shape index (κ2) is 5.52. The predicted octanol–water partition coefficient (Wildman–Crippen LogP) is 4.68. The first kappa shape index (κ1) is 12.4. The topological polar surface area (TPSA) is 26.0 Å². The Morgan fingerprint density at radius 1 is 1.19 bits per heavy atom. The Balaban J connectivity index is 2.15. The normalized spacial score (nSPS) is 19.7. The molecule has 1 unspecified atom stereocenters. The lowest BCUT2D eigenvalue weighted by atomic mass is 9.81. The molecule has 0 bridgehead atoms. The van der Waals surface area contributed by atoms with E-state index in [1.54, 1.807) is 0 Å². The summed E-state index contributed by atoms with van der Waals surface area (Å²) in [5.74, 6) is 0.624. The van der Waals surface area contributed by atoms with Crippen molar-refractivity contribution in [3.8, 4) is 0 Å². The van der Waals surface area contributed by atoms with Crippen molar-refractivity contribution >= 4 is 27.5 Å². The van der Waals surface area contributed by atoms with Crippen LogP contribution in [0, 0.1) is 5.92 Å². The summed E-state index contributed by atoms with van der Waals surface area (Å²) in [5.41, 5.74) is 7.49. The van der Waals surface area contributed by atoms with Gasteiger partial charge in [0.2, 0.25) is 0 Å². The zero-order valence-electron chi connectivity index (χ0n) is 9.26. The fourth-order valence-electron chi connectivity index (χ4n) is 2.53. The van der Waals surface area contributed by atoms with Crippen LogP contribution in [0.3, 0.4) is 0 Å². The van der Waals surface area contributed by atoms with Crippen molar-refractivity contribution in [2.75, 3.05) is 0 Å². The number of benzene rings is 1. The van der Waals surface area contributed by atoms with Gasteiger partial charge in [-0.3, -0.25) is 0 Å². The lowest BCUT2D eigenvalue weighted by Crippen LogP contribution is -2.23. The maximum Gasteiger partial charge on any atom is 0.0420 e. The van der Waals surface area contributed by atoms with E-state index in [4.69, 9.17) is 17.3 Å². The van der Waals surface area contributed by atoms with Crippen molar-refractivity contribution < 1.29 is 0 Å². The van der Waals surface area contributed by atoms with Crippen LogP contribution >= 0.6 is 27.5 Å². The quantitative estimate of drug-likeness (QED) is 0.843. The fraction of sp³-hybridized carbons (Fsp3) is 0.538. The Morgan fingerprint density at radius 3 is 2.50 bits per heavy atom. The van der Waals surface area contributed by atoms with Gasteiger partial charge in [-0.05, 0) is 42.5 Å². The van der Waals surface area contributed by atoms with Crippen LogP contribution < -0.4 is 5.73 Å². The molecule has 1 fully saturated rings. The third-order valence-corrected chi connectivity index (χ3v) is 4.10. The highest BCUT2D eigenvalue weighted by Gasteiger charge is 2.22. The molecule has 2 N–H and O–H groups in total. The molecular weight excluding hydrogens is 286 g/mol. The molecule has 1 aliphatic carbocycles. The summed E-state index contributed by atoms with van der Waals surface area (Å²) in [6, 6.07) is 6.12. The van der Waals surface area contributed by atoms with E-state index >= 15 is 0 Å². The summed E-state index contributed by atoms with van der Waals surface area (Å²) in [7, 11) is 0. The first-order valence-electron chi connectivity index (χ1n) is 5.88. The lowest BCUT2D eigenvalue weighted by Gasteiger charge is -2.28. The minimum absolute atomic E-state index is 0.135. The summed E-state index contributed by atoms with van der Waals surface area (Å²) in [4.78, 5) is 0. The monoisotopic (exact) mass is 301 g/mol. The van der Waals surface area contributed by atoms with Crippen molar-refractivity contribution in [3.05, 3.63) is 33.3 Å². The predicted molar refractivity (Wildman–Crippen MR) is 72.7 cm³/mol. The number of halogens is 2. The van der Waals surface area contributed by atoms with Crippen LogP contribution in [-0.4, -0.2) is 0 Å². The van der Waals surface area contributed by atoms with E-state index in [9.17, 15) is 0 Å². The molecule has 1 aromatic carbocycles. The molecule has 1 atom stereocenters. The molecule has 0 radical (unpaired) electrons. The molecule has 1 nitrogen and oxygen atoms in total. The van der Waals surface area contributed by atoms with E-state index < -0.39 is 0 Å². The van der Waals surface area contributed by atoms with Crippen molar-refractivity contribution in [1.82, 2.24) is 0 Å². The standard InChI is InChI=1S/C13H17BrClN/c14-11-6-10(7-12(15)8-11)13(16)9-4-2-1-3-5-9/h6-9,13H,1-5,16H2. The molecule has 1 aromatic rings. The molecule has 16 heavy (non-hydrogen) atoms. The van der Waals surface area contributed by atoms with E-state index in [2.05, 4.69) is 22.0 Å². The van der Waals surface area contributed by atoms with Gasteiger partial charge in [0.15, 0.2) is 0 Å². The number of nitrogens with two attached hydrogens (primary N) is 1. The van der Waals surface area contributed by atoms with Gasteiger partial charge in [0.05, 0.1) is 0 Å². The molecule has 3 heteroatoms. The van der Waals surface area contributed by atoms with Crippen LogP contribution in [0.2, 0.25) is 5.02 Å². The molecule has 1 aliphatic rings. The maximum atomic E-state index is 6.33. The molecule has 2 rings (SSSR count). The highest BCUT2D eigenvalue weighted by molar-refractivity contribution is 9.10. The Labute approximate surface area is 110 Å². The van der Waals surface area contributed by atoms with E-state index in [1.807, 2.05) is 12.1 Å². The molecule has 0 amide bonds. The Bertz CT molecular complexity index is 341. The van der Waals surface area contributed by atoms with Gasteiger partial charge in [-0.2, -0.15) is 0 Å². The molecule has 0 aromatic heterocycles. The van der Waals surface area contributed by atoms with Crippen LogP contribution in [0.25, 0.3) is 0 Å². The molecule has 88 valence electrons. The van der Waals surface area contributed by atoms with E-state index in [0.29, 0.717) is 5.92 Å².